The van der Waals surface area contributed by atoms with Gasteiger partial charge in [-0.2, -0.15) is 0 Å². The number of benzene rings is 2. The molecule has 32 heavy (non-hydrogen) atoms. The second-order valence-electron chi connectivity index (χ2n) is 6.34. The van der Waals surface area contributed by atoms with Crippen molar-refractivity contribution in [2.75, 3.05) is 32.5 Å². The number of rotatable bonds is 6. The highest BCUT2D eigenvalue weighted by Gasteiger charge is 2.33. The molecule has 0 fully saturated rings. The number of esters is 2. The Morgan fingerprint density at radius 2 is 1.84 bits per heavy atom. The smallest absolute Gasteiger partial charge is 0.355 e. The average Bonchev–Trinajstić information content (AvgIpc) is 2.79. The number of hydrogen-bond acceptors (Lipinski definition) is 9. The molecular formula is C20H16ClFN2O8. The summed E-state index contributed by atoms with van der Waals surface area (Å²) < 4.78 is 33.9. The van der Waals surface area contributed by atoms with E-state index in [1.807, 2.05) is 0 Å². The largest absolute Gasteiger partial charge is 0.466 e. The Hall–Kier alpha value is -3.70. The van der Waals surface area contributed by atoms with Crippen LogP contribution >= 0.6 is 11.6 Å². The number of carbonyl (C=O) groups is 2. The third kappa shape index (κ3) is 4.79. The first-order valence-corrected chi connectivity index (χ1v) is 9.30. The van der Waals surface area contributed by atoms with Crippen LogP contribution < -0.4 is 9.64 Å². The fourth-order valence-corrected chi connectivity index (χ4v) is 3.08. The number of nitrogens with zero attached hydrogens (tertiary/aromatic N) is 2. The molecule has 0 N–H and O–H groups in total. The van der Waals surface area contributed by atoms with E-state index in [4.69, 9.17) is 30.5 Å². The first kappa shape index (κ1) is 23.0. The van der Waals surface area contributed by atoms with E-state index in [0.717, 1.165) is 32.4 Å². The van der Waals surface area contributed by atoms with Crippen molar-refractivity contribution >= 4 is 34.9 Å². The molecule has 0 saturated heterocycles. The van der Waals surface area contributed by atoms with Crippen LogP contribution in [0.5, 0.6) is 11.5 Å². The molecule has 0 saturated carbocycles. The van der Waals surface area contributed by atoms with Gasteiger partial charge >= 0.3 is 11.9 Å². The molecule has 0 bridgehead atoms. The van der Waals surface area contributed by atoms with Crippen molar-refractivity contribution in [3.05, 3.63) is 68.6 Å². The van der Waals surface area contributed by atoms with Gasteiger partial charge in [0.2, 0.25) is 0 Å². The van der Waals surface area contributed by atoms with Crippen LogP contribution in [0.2, 0.25) is 5.02 Å². The molecule has 10 nitrogen and oxygen atoms in total. The molecule has 0 amide bonds. The Morgan fingerprint density at radius 1 is 1.12 bits per heavy atom. The van der Waals surface area contributed by atoms with Crippen LogP contribution in [-0.4, -0.2) is 44.4 Å². The molecule has 0 spiro atoms. The molecule has 3 rings (SSSR count). The van der Waals surface area contributed by atoms with Crippen LogP contribution in [0.4, 0.5) is 15.8 Å². The predicted molar refractivity (Wildman–Crippen MR) is 109 cm³/mol. The van der Waals surface area contributed by atoms with Crippen LogP contribution in [0, 0.1) is 15.9 Å². The molecule has 2 aromatic rings. The van der Waals surface area contributed by atoms with Gasteiger partial charge in [0, 0.05) is 18.2 Å². The van der Waals surface area contributed by atoms with Gasteiger partial charge in [-0.25, -0.2) is 14.0 Å². The second-order valence-corrected chi connectivity index (χ2v) is 6.74. The van der Waals surface area contributed by atoms with Gasteiger partial charge in [-0.15, -0.1) is 0 Å². The maximum Gasteiger partial charge on any atom is 0.355 e. The third-order valence-corrected chi connectivity index (χ3v) is 4.65. The molecular weight excluding hydrogens is 451 g/mol. The van der Waals surface area contributed by atoms with Crippen LogP contribution in [0.1, 0.15) is 0 Å². The average molecular weight is 467 g/mol. The second kappa shape index (κ2) is 9.62. The van der Waals surface area contributed by atoms with Crippen molar-refractivity contribution in [3.63, 3.8) is 0 Å². The zero-order valence-corrected chi connectivity index (χ0v) is 17.6. The van der Waals surface area contributed by atoms with Gasteiger partial charge in [-0.05, 0) is 12.1 Å². The number of non-ortho nitro benzene ring substituents is 1. The van der Waals surface area contributed by atoms with Crippen LogP contribution in [0.25, 0.3) is 0 Å². The molecule has 2 aromatic carbocycles. The van der Waals surface area contributed by atoms with Gasteiger partial charge in [0.15, 0.2) is 0 Å². The molecule has 0 radical (unpaired) electrons. The summed E-state index contributed by atoms with van der Waals surface area (Å²) in [5, 5.41) is 11.3. The lowest BCUT2D eigenvalue weighted by Crippen LogP contribution is -2.38. The monoisotopic (exact) mass is 466 g/mol. The van der Waals surface area contributed by atoms with E-state index in [2.05, 4.69) is 0 Å². The van der Waals surface area contributed by atoms with E-state index in [-0.39, 0.29) is 52.5 Å². The quantitative estimate of drug-likeness (QED) is 0.357. The maximum absolute atomic E-state index is 13.4. The summed E-state index contributed by atoms with van der Waals surface area (Å²) in [6.45, 7) is -0.437. The molecule has 1 aliphatic rings. The lowest BCUT2D eigenvalue weighted by molar-refractivity contribution is -0.384. The summed E-state index contributed by atoms with van der Waals surface area (Å²) in [6, 6.07) is 7.24. The van der Waals surface area contributed by atoms with Gasteiger partial charge in [0.1, 0.15) is 29.7 Å². The summed E-state index contributed by atoms with van der Waals surface area (Å²) in [7, 11) is 2.26. The number of anilines is 1. The number of carbonyl (C=O) groups excluding carboxylic acids is 2. The Morgan fingerprint density at radius 3 is 2.47 bits per heavy atom. The number of nitro groups is 1. The molecule has 0 aromatic heterocycles. The van der Waals surface area contributed by atoms with Crippen molar-refractivity contribution < 1.29 is 37.9 Å². The zero-order chi connectivity index (χ0) is 23.4. The van der Waals surface area contributed by atoms with E-state index in [9.17, 15) is 24.1 Å². The van der Waals surface area contributed by atoms with E-state index in [1.54, 1.807) is 0 Å². The standard InChI is InChI=1S/C20H16ClFN2O8/c1-29-19(25)15-9-31-10-23(18(15)20(26)30-2)11-5-12(24(27)28)7-14(6-11)32-13-3-4-17(22)16(21)8-13/h3-8H,9-10H2,1-2H3. The number of halogens is 2. The molecule has 1 heterocycles. The van der Waals surface area contributed by atoms with Gasteiger partial charge in [0.25, 0.3) is 5.69 Å². The molecule has 0 aliphatic carbocycles. The minimum atomic E-state index is -0.868. The molecule has 12 heteroatoms. The van der Waals surface area contributed by atoms with Crippen LogP contribution in [-0.2, 0) is 23.8 Å². The number of ether oxygens (including phenoxy) is 4. The topological polar surface area (TPSA) is 117 Å². The van der Waals surface area contributed by atoms with Crippen LogP contribution in [0.15, 0.2) is 47.7 Å². The Kier molecular flexibility index (Phi) is 6.91. The lowest BCUT2D eigenvalue weighted by atomic mass is 10.1. The predicted octanol–water partition coefficient (Wildman–Crippen LogP) is 3.57. The summed E-state index contributed by atoms with van der Waals surface area (Å²) >= 11 is 5.75. The third-order valence-electron chi connectivity index (χ3n) is 4.36. The number of methoxy groups -OCH3 is 2. The fourth-order valence-electron chi connectivity index (χ4n) is 2.91. The highest BCUT2D eigenvalue weighted by Crippen LogP contribution is 2.35. The number of nitro benzene ring substituents is 1. The Bertz CT molecular complexity index is 1120. The van der Waals surface area contributed by atoms with E-state index < -0.39 is 22.7 Å². The van der Waals surface area contributed by atoms with Crippen LogP contribution in [0.3, 0.4) is 0 Å². The highest BCUT2D eigenvalue weighted by atomic mass is 35.5. The minimum absolute atomic E-state index is 0.00807. The first-order chi connectivity index (χ1) is 15.2. The molecule has 1 aliphatic heterocycles. The van der Waals surface area contributed by atoms with Gasteiger partial charge in [0.05, 0.1) is 48.1 Å². The zero-order valence-electron chi connectivity index (χ0n) is 16.8. The number of hydrogen-bond donors (Lipinski definition) is 0. The molecule has 168 valence electrons. The maximum atomic E-state index is 13.4. The molecule has 0 unspecified atom stereocenters. The summed E-state index contributed by atoms with van der Waals surface area (Å²) in [4.78, 5) is 36.6. The van der Waals surface area contributed by atoms with E-state index in [1.165, 1.54) is 23.1 Å². The van der Waals surface area contributed by atoms with Gasteiger partial charge < -0.3 is 23.8 Å². The van der Waals surface area contributed by atoms with E-state index in [0.29, 0.717) is 0 Å². The highest BCUT2D eigenvalue weighted by molar-refractivity contribution is 6.30. The SMILES string of the molecule is COC(=O)C1=C(C(=O)OC)N(c2cc(Oc3ccc(F)c(Cl)c3)cc([N+](=O)[O-])c2)COC1. The van der Waals surface area contributed by atoms with Gasteiger partial charge in [-0.1, -0.05) is 11.6 Å². The van der Waals surface area contributed by atoms with Crippen molar-refractivity contribution in [3.8, 4) is 11.5 Å². The summed E-state index contributed by atoms with van der Waals surface area (Å²) in [5.41, 5.74) is -0.587. The van der Waals surface area contributed by atoms with Crippen molar-refractivity contribution in [2.45, 2.75) is 0 Å². The Balaban J connectivity index is 2.10. The molecule has 0 atom stereocenters. The van der Waals surface area contributed by atoms with Crippen molar-refractivity contribution in [1.82, 2.24) is 0 Å². The van der Waals surface area contributed by atoms with Crippen molar-refractivity contribution in [1.29, 1.82) is 0 Å². The van der Waals surface area contributed by atoms with Crippen molar-refractivity contribution in [2.24, 2.45) is 0 Å². The normalized spacial score (nSPS) is 13.6. The lowest BCUT2D eigenvalue weighted by Gasteiger charge is -2.31. The van der Waals surface area contributed by atoms with Gasteiger partial charge in [-0.3, -0.25) is 10.1 Å². The minimum Gasteiger partial charge on any atom is -0.466 e. The Labute approximate surface area is 185 Å². The fraction of sp³-hybridized carbons (Fsp3) is 0.200. The summed E-state index contributed by atoms with van der Waals surface area (Å²) in [5.74, 6) is -2.23. The van der Waals surface area contributed by atoms with E-state index >= 15 is 0 Å². The summed E-state index contributed by atoms with van der Waals surface area (Å²) in [6.07, 6.45) is 0. The first-order valence-electron chi connectivity index (χ1n) is 8.92.